The third kappa shape index (κ3) is 3.33. The molecule has 1 aromatic carbocycles. The number of aryl methyl sites for hydroxylation is 2. The van der Waals surface area contributed by atoms with E-state index in [9.17, 15) is 0 Å². The summed E-state index contributed by atoms with van der Waals surface area (Å²) in [4.78, 5) is 4.13. The van der Waals surface area contributed by atoms with Crippen molar-refractivity contribution in [2.45, 2.75) is 20.4 Å². The number of rotatable bonds is 4. The number of ether oxygens (including phenoxy) is 1. The molecule has 0 aliphatic carbocycles. The molecular formula is C15H17BrN2O. The third-order valence-electron chi connectivity index (χ3n) is 2.86. The van der Waals surface area contributed by atoms with E-state index in [1.807, 2.05) is 31.4 Å². The molecule has 19 heavy (non-hydrogen) atoms. The number of nitrogens with zero attached hydrogens (tertiary/aromatic N) is 1. The first-order valence-corrected chi connectivity index (χ1v) is 6.93. The lowest BCUT2D eigenvalue weighted by Gasteiger charge is -2.12. The van der Waals surface area contributed by atoms with Gasteiger partial charge in [0.1, 0.15) is 11.5 Å². The van der Waals surface area contributed by atoms with E-state index < -0.39 is 0 Å². The van der Waals surface area contributed by atoms with Crippen LogP contribution in [0.2, 0.25) is 0 Å². The second-order valence-electron chi connectivity index (χ2n) is 4.49. The second kappa shape index (κ2) is 6.17. The Morgan fingerprint density at radius 1 is 1.26 bits per heavy atom. The highest BCUT2D eigenvalue weighted by atomic mass is 79.9. The Morgan fingerprint density at radius 2 is 1.95 bits per heavy atom. The zero-order valence-corrected chi connectivity index (χ0v) is 12.9. The van der Waals surface area contributed by atoms with Gasteiger partial charge in [0.2, 0.25) is 0 Å². The average molecular weight is 321 g/mol. The van der Waals surface area contributed by atoms with Gasteiger partial charge in [-0.05, 0) is 50.2 Å². The molecule has 0 atom stereocenters. The molecule has 2 rings (SSSR count). The van der Waals surface area contributed by atoms with Gasteiger partial charge < -0.3 is 10.1 Å². The van der Waals surface area contributed by atoms with Gasteiger partial charge in [0.15, 0.2) is 0 Å². The van der Waals surface area contributed by atoms with Crippen LogP contribution in [0.25, 0.3) is 0 Å². The number of hydrogen-bond donors (Lipinski definition) is 1. The molecule has 0 aliphatic heterocycles. The monoisotopic (exact) mass is 320 g/mol. The molecule has 100 valence electrons. The molecule has 1 heterocycles. The van der Waals surface area contributed by atoms with Gasteiger partial charge in [0.05, 0.1) is 0 Å². The van der Waals surface area contributed by atoms with Gasteiger partial charge >= 0.3 is 0 Å². The van der Waals surface area contributed by atoms with Crippen LogP contribution in [-0.2, 0) is 6.54 Å². The number of hydrogen-bond acceptors (Lipinski definition) is 3. The molecule has 0 amide bonds. The molecule has 0 spiro atoms. The zero-order valence-electron chi connectivity index (χ0n) is 11.3. The fraction of sp³-hybridized carbons (Fsp3) is 0.267. The Kier molecular flexibility index (Phi) is 4.56. The van der Waals surface area contributed by atoms with Crippen LogP contribution in [0.15, 0.2) is 35.1 Å². The van der Waals surface area contributed by atoms with E-state index in [-0.39, 0.29) is 0 Å². The molecule has 0 radical (unpaired) electrons. The van der Waals surface area contributed by atoms with Gasteiger partial charge in [0.25, 0.3) is 0 Å². The summed E-state index contributed by atoms with van der Waals surface area (Å²) in [5, 5.41) is 3.11. The maximum absolute atomic E-state index is 5.98. The van der Waals surface area contributed by atoms with Crippen LogP contribution in [0.1, 0.15) is 16.7 Å². The highest BCUT2D eigenvalue weighted by Gasteiger charge is 2.07. The summed E-state index contributed by atoms with van der Waals surface area (Å²) in [6.07, 6.45) is 3.57. The summed E-state index contributed by atoms with van der Waals surface area (Å²) in [6.45, 7) is 4.85. The first-order valence-electron chi connectivity index (χ1n) is 6.14. The number of aromatic nitrogens is 1. The summed E-state index contributed by atoms with van der Waals surface area (Å²) in [6, 6.07) is 5.95. The molecule has 0 saturated carbocycles. The first kappa shape index (κ1) is 14.0. The Bertz CT molecular complexity index is 561. The molecule has 1 N–H and O–H groups in total. The fourth-order valence-electron chi connectivity index (χ4n) is 1.93. The molecular weight excluding hydrogens is 304 g/mol. The Hall–Kier alpha value is -1.39. The molecule has 2 aromatic rings. The largest absolute Gasteiger partial charge is 0.457 e. The first-order chi connectivity index (χ1) is 9.11. The molecule has 0 bridgehead atoms. The lowest BCUT2D eigenvalue weighted by Crippen LogP contribution is -2.06. The van der Waals surface area contributed by atoms with Crippen LogP contribution in [-0.4, -0.2) is 12.0 Å². The van der Waals surface area contributed by atoms with Crippen molar-refractivity contribution in [2.24, 2.45) is 0 Å². The number of pyridine rings is 1. The number of benzene rings is 1. The summed E-state index contributed by atoms with van der Waals surface area (Å²) in [5.41, 5.74) is 3.38. The van der Waals surface area contributed by atoms with Crippen LogP contribution in [0.3, 0.4) is 0 Å². The molecule has 1 aromatic heterocycles. The Balaban J connectivity index is 2.31. The van der Waals surface area contributed by atoms with Crippen LogP contribution < -0.4 is 10.1 Å². The van der Waals surface area contributed by atoms with Gasteiger partial charge in [-0.3, -0.25) is 4.98 Å². The van der Waals surface area contributed by atoms with E-state index in [4.69, 9.17) is 4.74 Å². The van der Waals surface area contributed by atoms with Gasteiger partial charge in [0, 0.05) is 29.0 Å². The third-order valence-corrected chi connectivity index (χ3v) is 4.11. The van der Waals surface area contributed by atoms with E-state index >= 15 is 0 Å². The lowest BCUT2D eigenvalue weighted by molar-refractivity contribution is 0.472. The maximum atomic E-state index is 5.98. The minimum Gasteiger partial charge on any atom is -0.457 e. The van der Waals surface area contributed by atoms with E-state index in [0.717, 1.165) is 28.1 Å². The average Bonchev–Trinajstić information content (AvgIpc) is 2.38. The van der Waals surface area contributed by atoms with Gasteiger partial charge in [-0.2, -0.15) is 0 Å². The summed E-state index contributed by atoms with van der Waals surface area (Å²) in [5.74, 6) is 1.69. The van der Waals surface area contributed by atoms with Crippen molar-refractivity contribution in [1.29, 1.82) is 0 Å². The van der Waals surface area contributed by atoms with Crippen molar-refractivity contribution in [1.82, 2.24) is 10.3 Å². The smallest absolute Gasteiger partial charge is 0.134 e. The predicted molar refractivity (Wildman–Crippen MR) is 80.7 cm³/mol. The fourth-order valence-corrected chi connectivity index (χ4v) is 2.16. The summed E-state index contributed by atoms with van der Waals surface area (Å²) in [7, 11) is 1.91. The van der Waals surface area contributed by atoms with Crippen LogP contribution in [0, 0.1) is 13.8 Å². The molecule has 0 fully saturated rings. The summed E-state index contributed by atoms with van der Waals surface area (Å²) >= 11 is 3.56. The SMILES string of the molecule is CNCc1cnccc1Oc1cc(C)c(Br)c(C)c1. The Labute approximate surface area is 122 Å². The Morgan fingerprint density at radius 3 is 2.58 bits per heavy atom. The maximum Gasteiger partial charge on any atom is 0.134 e. The van der Waals surface area contributed by atoms with Gasteiger partial charge in [-0.25, -0.2) is 0 Å². The molecule has 4 heteroatoms. The van der Waals surface area contributed by atoms with Crippen molar-refractivity contribution in [3.05, 3.63) is 51.8 Å². The normalized spacial score (nSPS) is 10.5. The topological polar surface area (TPSA) is 34.2 Å². The van der Waals surface area contributed by atoms with Crippen molar-refractivity contribution in [3.63, 3.8) is 0 Å². The quantitative estimate of drug-likeness (QED) is 0.925. The van der Waals surface area contributed by atoms with Crippen molar-refractivity contribution in [3.8, 4) is 11.5 Å². The van der Waals surface area contributed by atoms with Gasteiger partial charge in [-0.15, -0.1) is 0 Å². The van der Waals surface area contributed by atoms with Crippen molar-refractivity contribution >= 4 is 15.9 Å². The van der Waals surface area contributed by atoms with Crippen LogP contribution >= 0.6 is 15.9 Å². The van der Waals surface area contributed by atoms with Crippen LogP contribution in [0.4, 0.5) is 0 Å². The second-order valence-corrected chi connectivity index (χ2v) is 5.28. The lowest BCUT2D eigenvalue weighted by atomic mass is 10.1. The molecule has 0 unspecified atom stereocenters. The molecule has 0 aliphatic rings. The van der Waals surface area contributed by atoms with Crippen LogP contribution in [0.5, 0.6) is 11.5 Å². The number of nitrogens with one attached hydrogen (secondary N) is 1. The summed E-state index contributed by atoms with van der Waals surface area (Å²) < 4.78 is 7.11. The minimum absolute atomic E-state index is 0.734. The van der Waals surface area contributed by atoms with E-state index in [1.54, 1.807) is 6.20 Å². The number of halogens is 1. The standard InChI is InChI=1S/C15H17BrN2O/c1-10-6-13(7-11(2)15(10)16)19-14-4-5-18-9-12(14)8-17-3/h4-7,9,17H,8H2,1-3H3. The van der Waals surface area contributed by atoms with Gasteiger partial charge in [-0.1, -0.05) is 15.9 Å². The molecule has 0 saturated heterocycles. The predicted octanol–water partition coefficient (Wildman–Crippen LogP) is 3.97. The van der Waals surface area contributed by atoms with Crippen molar-refractivity contribution in [2.75, 3.05) is 7.05 Å². The van der Waals surface area contributed by atoms with Crippen molar-refractivity contribution < 1.29 is 4.74 Å². The van der Waals surface area contributed by atoms with E-state index in [2.05, 4.69) is 40.1 Å². The highest BCUT2D eigenvalue weighted by molar-refractivity contribution is 9.10. The van der Waals surface area contributed by atoms with E-state index in [1.165, 1.54) is 11.1 Å². The van der Waals surface area contributed by atoms with E-state index in [0.29, 0.717) is 0 Å². The highest BCUT2D eigenvalue weighted by Crippen LogP contribution is 2.30. The molecule has 3 nitrogen and oxygen atoms in total. The minimum atomic E-state index is 0.734. The zero-order chi connectivity index (χ0) is 13.8.